The summed E-state index contributed by atoms with van der Waals surface area (Å²) in [6.45, 7) is 3.70. The average molecular weight is 231 g/mol. The first kappa shape index (κ1) is 10.6. The summed E-state index contributed by atoms with van der Waals surface area (Å²) in [5.41, 5.74) is 9.40. The highest BCUT2D eigenvalue weighted by molar-refractivity contribution is 5.81. The van der Waals surface area contributed by atoms with Gasteiger partial charge in [0.1, 0.15) is 0 Å². The van der Waals surface area contributed by atoms with Crippen LogP contribution in [0.5, 0.6) is 0 Å². The molecule has 2 N–H and O–H groups in total. The van der Waals surface area contributed by atoms with Crippen LogP contribution in [0.2, 0.25) is 0 Å². The van der Waals surface area contributed by atoms with Crippen molar-refractivity contribution in [2.75, 3.05) is 18.9 Å². The molecule has 0 aliphatic carbocycles. The number of para-hydroxylation sites is 1. The number of aryl methyl sites for hydroxylation is 1. The van der Waals surface area contributed by atoms with E-state index in [1.165, 1.54) is 5.56 Å². The van der Waals surface area contributed by atoms with Crippen molar-refractivity contribution >= 4 is 17.0 Å². The minimum atomic E-state index is 0.329. The molecule has 90 valence electrons. The van der Waals surface area contributed by atoms with Crippen molar-refractivity contribution in [3.05, 3.63) is 23.8 Å². The van der Waals surface area contributed by atoms with E-state index in [1.54, 1.807) is 0 Å². The Bertz CT molecular complexity index is 541. The van der Waals surface area contributed by atoms with E-state index in [4.69, 9.17) is 10.5 Å². The molecule has 1 aliphatic rings. The Hall–Kier alpha value is -1.55. The molecule has 1 fully saturated rings. The van der Waals surface area contributed by atoms with E-state index in [0.29, 0.717) is 12.0 Å². The number of aromatic nitrogens is 2. The van der Waals surface area contributed by atoms with E-state index in [1.807, 2.05) is 12.1 Å². The number of imidazole rings is 1. The fourth-order valence-corrected chi connectivity index (χ4v) is 2.64. The Morgan fingerprint density at radius 2 is 2.35 bits per heavy atom. The fraction of sp³-hybridized carbons (Fsp3) is 0.462. The van der Waals surface area contributed by atoms with Gasteiger partial charge in [-0.05, 0) is 31.4 Å². The minimum absolute atomic E-state index is 0.329. The molecule has 1 aromatic heterocycles. The van der Waals surface area contributed by atoms with Crippen LogP contribution in [0.25, 0.3) is 11.0 Å². The number of nitrogen functional groups attached to an aromatic ring is 1. The van der Waals surface area contributed by atoms with Crippen LogP contribution in [-0.4, -0.2) is 22.8 Å². The first-order chi connectivity index (χ1) is 8.27. The Kier molecular flexibility index (Phi) is 2.52. The van der Waals surface area contributed by atoms with E-state index < -0.39 is 0 Å². The molecule has 2 aromatic rings. The number of rotatable bonds is 1. The zero-order valence-electron chi connectivity index (χ0n) is 10.0. The van der Waals surface area contributed by atoms with E-state index in [2.05, 4.69) is 22.5 Å². The van der Waals surface area contributed by atoms with E-state index >= 15 is 0 Å². The highest BCUT2D eigenvalue weighted by Gasteiger charge is 2.21. The summed E-state index contributed by atoms with van der Waals surface area (Å²) in [6, 6.07) is 6.46. The molecule has 1 atom stereocenters. The summed E-state index contributed by atoms with van der Waals surface area (Å²) in [6.07, 6.45) is 2.21. The molecule has 1 unspecified atom stereocenters. The third-order valence-corrected chi connectivity index (χ3v) is 3.44. The Morgan fingerprint density at radius 3 is 3.12 bits per heavy atom. The zero-order chi connectivity index (χ0) is 11.8. The fourth-order valence-electron chi connectivity index (χ4n) is 2.64. The second-order valence-electron chi connectivity index (χ2n) is 4.65. The van der Waals surface area contributed by atoms with Crippen LogP contribution in [0, 0.1) is 6.92 Å². The van der Waals surface area contributed by atoms with Crippen LogP contribution in [-0.2, 0) is 4.74 Å². The lowest BCUT2D eigenvalue weighted by Gasteiger charge is -2.25. The zero-order valence-corrected chi connectivity index (χ0v) is 10.0. The molecular formula is C13H17N3O. The maximum absolute atomic E-state index is 6.05. The van der Waals surface area contributed by atoms with Crippen molar-refractivity contribution in [3.63, 3.8) is 0 Å². The topological polar surface area (TPSA) is 53.1 Å². The van der Waals surface area contributed by atoms with Crippen molar-refractivity contribution < 1.29 is 4.74 Å². The number of nitrogens with zero attached hydrogens (tertiary/aromatic N) is 2. The standard InChI is InChI=1S/C13H17N3O/c1-9-4-2-6-11-12(9)16(13(14)15-11)10-5-3-7-17-8-10/h2,4,6,10H,3,5,7-8H2,1H3,(H2,14,15). The van der Waals surface area contributed by atoms with Gasteiger partial charge in [0.2, 0.25) is 5.95 Å². The monoisotopic (exact) mass is 231 g/mol. The highest BCUT2D eigenvalue weighted by atomic mass is 16.5. The Labute approximate surface area is 100 Å². The molecule has 0 amide bonds. The number of fused-ring (bicyclic) bond motifs is 1. The first-order valence-corrected chi connectivity index (χ1v) is 6.08. The molecule has 4 heteroatoms. The molecular weight excluding hydrogens is 214 g/mol. The summed E-state index contributed by atoms with van der Waals surface area (Å²) in [5.74, 6) is 0.602. The normalized spacial score (nSPS) is 20.9. The maximum Gasteiger partial charge on any atom is 0.201 e. The molecule has 1 aliphatic heterocycles. The summed E-state index contributed by atoms with van der Waals surface area (Å²) in [7, 11) is 0. The molecule has 0 spiro atoms. The van der Waals surface area contributed by atoms with E-state index in [0.717, 1.165) is 37.1 Å². The highest BCUT2D eigenvalue weighted by Crippen LogP contribution is 2.29. The largest absolute Gasteiger partial charge is 0.379 e. The van der Waals surface area contributed by atoms with E-state index in [9.17, 15) is 0 Å². The molecule has 3 rings (SSSR count). The van der Waals surface area contributed by atoms with Crippen LogP contribution in [0.1, 0.15) is 24.4 Å². The summed E-state index contributed by atoms with van der Waals surface area (Å²) in [4.78, 5) is 4.43. The quantitative estimate of drug-likeness (QED) is 0.819. The third-order valence-electron chi connectivity index (χ3n) is 3.44. The molecule has 1 saturated heterocycles. The van der Waals surface area contributed by atoms with Crippen LogP contribution in [0.3, 0.4) is 0 Å². The Balaban J connectivity index is 2.16. The maximum atomic E-state index is 6.05. The van der Waals surface area contributed by atoms with Crippen molar-refractivity contribution in [1.29, 1.82) is 0 Å². The van der Waals surface area contributed by atoms with Gasteiger partial charge in [-0.1, -0.05) is 12.1 Å². The predicted octanol–water partition coefficient (Wildman–Crippen LogP) is 2.28. The van der Waals surface area contributed by atoms with Crippen molar-refractivity contribution in [1.82, 2.24) is 9.55 Å². The Morgan fingerprint density at radius 1 is 1.47 bits per heavy atom. The summed E-state index contributed by atoms with van der Waals surface area (Å²) >= 11 is 0. The van der Waals surface area contributed by atoms with Crippen molar-refractivity contribution in [2.45, 2.75) is 25.8 Å². The molecule has 0 radical (unpaired) electrons. The van der Waals surface area contributed by atoms with Gasteiger partial charge in [0.25, 0.3) is 0 Å². The average Bonchev–Trinajstić information content (AvgIpc) is 2.68. The number of hydrogen-bond donors (Lipinski definition) is 1. The molecule has 0 bridgehead atoms. The summed E-state index contributed by atoms with van der Waals surface area (Å²) in [5, 5.41) is 0. The molecule has 0 saturated carbocycles. The molecule has 2 heterocycles. The van der Waals surface area contributed by atoms with Gasteiger partial charge < -0.3 is 15.0 Å². The number of ether oxygens (including phenoxy) is 1. The van der Waals surface area contributed by atoms with Crippen LogP contribution in [0.15, 0.2) is 18.2 Å². The van der Waals surface area contributed by atoms with Gasteiger partial charge in [0.05, 0.1) is 23.7 Å². The lowest BCUT2D eigenvalue weighted by molar-refractivity contribution is 0.0611. The lowest BCUT2D eigenvalue weighted by Crippen LogP contribution is -2.22. The lowest BCUT2D eigenvalue weighted by atomic mass is 10.1. The number of hydrogen-bond acceptors (Lipinski definition) is 3. The molecule has 1 aromatic carbocycles. The SMILES string of the molecule is Cc1cccc2nc(N)n(C3CCCOC3)c12. The van der Waals surface area contributed by atoms with Crippen molar-refractivity contribution in [3.8, 4) is 0 Å². The number of nitrogens with two attached hydrogens (primary N) is 1. The predicted molar refractivity (Wildman–Crippen MR) is 68.0 cm³/mol. The number of benzene rings is 1. The smallest absolute Gasteiger partial charge is 0.201 e. The number of anilines is 1. The van der Waals surface area contributed by atoms with Crippen LogP contribution in [0.4, 0.5) is 5.95 Å². The van der Waals surface area contributed by atoms with Gasteiger partial charge in [-0.2, -0.15) is 0 Å². The van der Waals surface area contributed by atoms with Gasteiger partial charge in [-0.25, -0.2) is 4.98 Å². The first-order valence-electron chi connectivity index (χ1n) is 6.08. The van der Waals surface area contributed by atoms with Gasteiger partial charge in [-0.15, -0.1) is 0 Å². The van der Waals surface area contributed by atoms with Gasteiger partial charge in [-0.3, -0.25) is 0 Å². The van der Waals surface area contributed by atoms with Gasteiger partial charge in [0, 0.05) is 6.61 Å². The van der Waals surface area contributed by atoms with E-state index in [-0.39, 0.29) is 0 Å². The van der Waals surface area contributed by atoms with Crippen LogP contribution < -0.4 is 5.73 Å². The van der Waals surface area contributed by atoms with Gasteiger partial charge in [0.15, 0.2) is 0 Å². The third kappa shape index (κ3) is 1.69. The van der Waals surface area contributed by atoms with Crippen molar-refractivity contribution in [2.24, 2.45) is 0 Å². The molecule has 17 heavy (non-hydrogen) atoms. The summed E-state index contributed by atoms with van der Waals surface area (Å²) < 4.78 is 7.69. The minimum Gasteiger partial charge on any atom is -0.379 e. The van der Waals surface area contributed by atoms with Crippen LogP contribution >= 0.6 is 0 Å². The second-order valence-corrected chi connectivity index (χ2v) is 4.65. The molecule has 4 nitrogen and oxygen atoms in total. The second kappa shape index (κ2) is 4.04. The van der Waals surface area contributed by atoms with Gasteiger partial charge >= 0.3 is 0 Å².